The molecule has 0 spiro atoms. The second kappa shape index (κ2) is 5.53. The Balaban J connectivity index is 2.06. The Morgan fingerprint density at radius 2 is 2.00 bits per heavy atom. The van der Waals surface area contributed by atoms with Crippen molar-refractivity contribution >= 4 is 16.6 Å². The first-order valence-corrected chi connectivity index (χ1v) is 6.65. The van der Waals surface area contributed by atoms with Gasteiger partial charge in [0.05, 0.1) is 17.4 Å². The Labute approximate surface area is 114 Å². The first-order chi connectivity index (χ1) is 8.96. The van der Waals surface area contributed by atoms with Crippen molar-refractivity contribution in [2.45, 2.75) is 33.2 Å². The third kappa shape index (κ3) is 3.89. The van der Waals surface area contributed by atoms with E-state index in [0.717, 1.165) is 29.6 Å². The summed E-state index contributed by atoms with van der Waals surface area (Å²) in [6.45, 7) is 7.36. The quantitative estimate of drug-likeness (QED) is 0.885. The van der Waals surface area contributed by atoms with Gasteiger partial charge < -0.3 is 11.1 Å². The number of aromatic nitrogens is 2. The minimum absolute atomic E-state index is 0.131. The zero-order chi connectivity index (χ0) is 13.9. The molecule has 102 valence electrons. The summed E-state index contributed by atoms with van der Waals surface area (Å²) in [5.41, 5.74) is 8.30. The molecule has 19 heavy (non-hydrogen) atoms. The van der Waals surface area contributed by atoms with Gasteiger partial charge in [0.1, 0.15) is 0 Å². The topological polar surface area (TPSA) is 63.8 Å². The third-order valence-corrected chi connectivity index (χ3v) is 2.98. The van der Waals surface area contributed by atoms with Gasteiger partial charge in [-0.1, -0.05) is 39.0 Å². The van der Waals surface area contributed by atoms with Gasteiger partial charge in [0.25, 0.3) is 0 Å². The highest BCUT2D eigenvalue weighted by molar-refractivity contribution is 5.90. The molecule has 0 aliphatic heterocycles. The fraction of sp³-hybridized carbons (Fsp3) is 0.467. The molecule has 0 saturated heterocycles. The standard InChI is InChI=1S/C15H22N4/c1-15(2,3)8-11(16)9-17-14-10-18-19-13-7-5-4-6-12(13)14/h4-7,10-11H,8-9,16H2,1-3H3,(H,17,19). The second-order valence-electron chi connectivity index (χ2n) is 6.18. The molecule has 0 saturated carbocycles. The Morgan fingerprint density at radius 3 is 2.74 bits per heavy atom. The highest BCUT2D eigenvalue weighted by Gasteiger charge is 2.15. The lowest BCUT2D eigenvalue weighted by Crippen LogP contribution is -2.33. The van der Waals surface area contributed by atoms with Crippen LogP contribution in [0.4, 0.5) is 5.69 Å². The van der Waals surface area contributed by atoms with Crippen LogP contribution in [-0.4, -0.2) is 22.8 Å². The van der Waals surface area contributed by atoms with Crippen molar-refractivity contribution in [1.82, 2.24) is 10.2 Å². The van der Waals surface area contributed by atoms with Crippen LogP contribution in [-0.2, 0) is 0 Å². The van der Waals surface area contributed by atoms with Crippen LogP contribution in [0.15, 0.2) is 30.5 Å². The van der Waals surface area contributed by atoms with E-state index < -0.39 is 0 Å². The van der Waals surface area contributed by atoms with Gasteiger partial charge in [0.2, 0.25) is 0 Å². The van der Waals surface area contributed by atoms with Crippen LogP contribution in [0.1, 0.15) is 27.2 Å². The molecule has 1 aromatic heterocycles. The maximum absolute atomic E-state index is 6.15. The smallest absolute Gasteiger partial charge is 0.0950 e. The van der Waals surface area contributed by atoms with Gasteiger partial charge in [-0.05, 0) is 17.9 Å². The molecule has 1 heterocycles. The first-order valence-electron chi connectivity index (χ1n) is 6.65. The fourth-order valence-electron chi connectivity index (χ4n) is 2.25. The predicted octanol–water partition coefficient (Wildman–Crippen LogP) is 2.81. The molecule has 0 aliphatic carbocycles. The van der Waals surface area contributed by atoms with Gasteiger partial charge in [-0.3, -0.25) is 0 Å². The summed E-state index contributed by atoms with van der Waals surface area (Å²) in [4.78, 5) is 0. The molecule has 1 unspecified atom stereocenters. The molecule has 0 bridgehead atoms. The van der Waals surface area contributed by atoms with E-state index in [4.69, 9.17) is 5.73 Å². The predicted molar refractivity (Wildman–Crippen MR) is 80.1 cm³/mol. The average molecular weight is 258 g/mol. The zero-order valence-electron chi connectivity index (χ0n) is 11.9. The summed E-state index contributed by atoms with van der Waals surface area (Å²) in [7, 11) is 0. The summed E-state index contributed by atoms with van der Waals surface area (Å²) in [6.07, 6.45) is 2.74. The molecule has 0 radical (unpaired) electrons. The Hall–Kier alpha value is -1.68. The van der Waals surface area contributed by atoms with Gasteiger partial charge in [0.15, 0.2) is 0 Å². The highest BCUT2D eigenvalue weighted by atomic mass is 15.1. The molecule has 0 fully saturated rings. The number of nitrogens with one attached hydrogen (secondary N) is 1. The van der Waals surface area contributed by atoms with Crippen LogP contribution in [0.5, 0.6) is 0 Å². The van der Waals surface area contributed by atoms with E-state index in [9.17, 15) is 0 Å². The normalized spacial score (nSPS) is 13.5. The van der Waals surface area contributed by atoms with Gasteiger partial charge in [-0.25, -0.2) is 0 Å². The Morgan fingerprint density at radius 1 is 1.26 bits per heavy atom. The number of rotatable bonds is 4. The van der Waals surface area contributed by atoms with Gasteiger partial charge >= 0.3 is 0 Å². The molecule has 4 nitrogen and oxygen atoms in total. The summed E-state index contributed by atoms with van der Waals surface area (Å²) >= 11 is 0. The number of fused-ring (bicyclic) bond motifs is 1. The van der Waals surface area contributed by atoms with Crippen LogP contribution < -0.4 is 11.1 Å². The minimum atomic E-state index is 0.131. The summed E-state index contributed by atoms with van der Waals surface area (Å²) in [5, 5.41) is 12.6. The van der Waals surface area contributed by atoms with E-state index in [2.05, 4.69) is 36.3 Å². The molecule has 0 aliphatic rings. The summed E-state index contributed by atoms with van der Waals surface area (Å²) < 4.78 is 0. The number of benzene rings is 1. The van der Waals surface area contributed by atoms with Gasteiger partial charge in [0, 0.05) is 18.0 Å². The van der Waals surface area contributed by atoms with Gasteiger partial charge in [-0.2, -0.15) is 10.2 Å². The van der Waals surface area contributed by atoms with E-state index in [-0.39, 0.29) is 11.5 Å². The first kappa shape index (κ1) is 13.7. The van der Waals surface area contributed by atoms with Crippen LogP contribution in [0.2, 0.25) is 0 Å². The number of nitrogens with two attached hydrogens (primary N) is 1. The maximum Gasteiger partial charge on any atom is 0.0950 e. The molecular formula is C15H22N4. The SMILES string of the molecule is CC(C)(C)CC(N)CNc1cnnc2ccccc12. The van der Waals surface area contributed by atoms with Crippen LogP contribution in [0, 0.1) is 5.41 Å². The molecular weight excluding hydrogens is 236 g/mol. The third-order valence-electron chi connectivity index (χ3n) is 2.98. The number of hydrogen-bond donors (Lipinski definition) is 2. The Kier molecular flexibility index (Phi) is 4.00. The van der Waals surface area contributed by atoms with Crippen molar-refractivity contribution in [3.05, 3.63) is 30.5 Å². The van der Waals surface area contributed by atoms with E-state index in [0.29, 0.717) is 0 Å². The van der Waals surface area contributed by atoms with E-state index in [1.807, 2.05) is 24.3 Å². The van der Waals surface area contributed by atoms with Crippen molar-refractivity contribution in [2.75, 3.05) is 11.9 Å². The maximum atomic E-state index is 6.15. The summed E-state index contributed by atoms with van der Waals surface area (Å²) in [6, 6.07) is 8.10. The van der Waals surface area contributed by atoms with E-state index >= 15 is 0 Å². The van der Waals surface area contributed by atoms with Crippen molar-refractivity contribution in [1.29, 1.82) is 0 Å². The van der Waals surface area contributed by atoms with Crippen molar-refractivity contribution in [2.24, 2.45) is 11.1 Å². The zero-order valence-corrected chi connectivity index (χ0v) is 11.9. The summed E-state index contributed by atoms with van der Waals surface area (Å²) in [5.74, 6) is 0. The molecule has 1 aromatic carbocycles. The number of nitrogens with zero attached hydrogens (tertiary/aromatic N) is 2. The van der Waals surface area contributed by atoms with Crippen molar-refractivity contribution in [3.8, 4) is 0 Å². The molecule has 2 rings (SSSR count). The Bertz CT molecular complexity index is 540. The fourth-order valence-corrected chi connectivity index (χ4v) is 2.25. The molecule has 1 atom stereocenters. The van der Waals surface area contributed by atoms with Crippen molar-refractivity contribution in [3.63, 3.8) is 0 Å². The minimum Gasteiger partial charge on any atom is -0.382 e. The van der Waals surface area contributed by atoms with E-state index in [1.54, 1.807) is 6.20 Å². The lowest BCUT2D eigenvalue weighted by Gasteiger charge is -2.23. The highest BCUT2D eigenvalue weighted by Crippen LogP contribution is 2.22. The molecule has 3 N–H and O–H groups in total. The van der Waals surface area contributed by atoms with E-state index in [1.165, 1.54) is 0 Å². The molecule has 2 aromatic rings. The number of hydrogen-bond acceptors (Lipinski definition) is 4. The lowest BCUT2D eigenvalue weighted by atomic mass is 9.88. The largest absolute Gasteiger partial charge is 0.382 e. The van der Waals surface area contributed by atoms with Gasteiger partial charge in [-0.15, -0.1) is 0 Å². The van der Waals surface area contributed by atoms with Crippen molar-refractivity contribution < 1.29 is 0 Å². The molecule has 0 amide bonds. The lowest BCUT2D eigenvalue weighted by molar-refractivity contribution is 0.345. The van der Waals surface area contributed by atoms with Crippen LogP contribution >= 0.6 is 0 Å². The monoisotopic (exact) mass is 258 g/mol. The van der Waals surface area contributed by atoms with Crippen LogP contribution in [0.3, 0.4) is 0 Å². The van der Waals surface area contributed by atoms with Crippen LogP contribution in [0.25, 0.3) is 10.9 Å². The average Bonchev–Trinajstić information content (AvgIpc) is 2.34. The molecule has 4 heteroatoms. The second-order valence-corrected chi connectivity index (χ2v) is 6.18. The number of anilines is 1.